The quantitative estimate of drug-likeness (QED) is 0.763. The van der Waals surface area contributed by atoms with Crippen molar-refractivity contribution in [3.05, 3.63) is 41.9 Å². The Kier molecular flexibility index (Phi) is 3.65. The van der Waals surface area contributed by atoms with Gasteiger partial charge in [0.15, 0.2) is 0 Å². The summed E-state index contributed by atoms with van der Waals surface area (Å²) < 4.78 is 20.8. The number of halogens is 1. The van der Waals surface area contributed by atoms with Gasteiger partial charge < -0.3 is 4.74 Å². The number of methoxy groups -OCH3 is 1. The van der Waals surface area contributed by atoms with Crippen LogP contribution in [0.2, 0.25) is 0 Å². The predicted molar refractivity (Wildman–Crippen MR) is 69.4 cm³/mol. The van der Waals surface area contributed by atoms with E-state index < -0.39 is 0 Å². The lowest BCUT2D eigenvalue weighted by atomic mass is 10.2. The second-order valence-corrected chi connectivity index (χ2v) is 4.38. The van der Waals surface area contributed by atoms with Gasteiger partial charge in [0.25, 0.3) is 0 Å². The zero-order chi connectivity index (χ0) is 13.1. The van der Waals surface area contributed by atoms with Gasteiger partial charge >= 0.3 is 0 Å². The van der Waals surface area contributed by atoms with Crippen LogP contribution >= 0.6 is 0 Å². The third-order valence-corrected chi connectivity index (χ3v) is 3.23. The molecule has 0 fully saturated rings. The average Bonchev–Trinajstić information content (AvgIpc) is 2.35. The first kappa shape index (κ1) is 12.6. The van der Waals surface area contributed by atoms with Crippen LogP contribution in [0.1, 0.15) is 12.5 Å². The Morgan fingerprint density at radius 3 is 2.94 bits per heavy atom. The maximum absolute atomic E-state index is 13.3. The van der Waals surface area contributed by atoms with Gasteiger partial charge in [0.1, 0.15) is 24.7 Å². The number of ether oxygens (including phenoxy) is 1. The lowest BCUT2D eigenvalue weighted by molar-refractivity contribution is -0.540. The molecule has 0 N–H and O–H groups in total. The van der Waals surface area contributed by atoms with Crippen molar-refractivity contribution in [2.45, 2.75) is 13.5 Å². The summed E-state index contributed by atoms with van der Waals surface area (Å²) in [6.07, 6.45) is 4.12. The van der Waals surface area contributed by atoms with Crippen LogP contribution < -0.4 is 4.74 Å². The average molecular weight is 249 g/mol. The molecule has 0 atom stereocenters. The minimum absolute atomic E-state index is 0.232. The highest BCUT2D eigenvalue weighted by atomic mass is 19.1. The van der Waals surface area contributed by atoms with Crippen molar-refractivity contribution >= 4 is 5.84 Å². The molecule has 1 aromatic rings. The Bertz CT molecular complexity index is 509. The summed E-state index contributed by atoms with van der Waals surface area (Å²) in [5.41, 5.74) is 0.862. The second kappa shape index (κ2) is 5.21. The SMILES string of the molecule is COc1ccc(F)cc1C[N+]1=C(C)N(C)C=CC1. The Labute approximate surface area is 107 Å². The number of benzene rings is 1. The summed E-state index contributed by atoms with van der Waals surface area (Å²) in [4.78, 5) is 2.05. The summed E-state index contributed by atoms with van der Waals surface area (Å²) >= 11 is 0. The van der Waals surface area contributed by atoms with Crippen LogP contribution in [0.3, 0.4) is 0 Å². The van der Waals surface area contributed by atoms with E-state index >= 15 is 0 Å². The van der Waals surface area contributed by atoms with Crippen molar-refractivity contribution in [1.82, 2.24) is 4.90 Å². The summed E-state index contributed by atoms with van der Waals surface area (Å²) in [6, 6.07) is 4.62. The molecule has 4 heteroatoms. The van der Waals surface area contributed by atoms with Gasteiger partial charge in [-0.2, -0.15) is 0 Å². The monoisotopic (exact) mass is 249 g/mol. The molecule has 0 aliphatic carbocycles. The van der Waals surface area contributed by atoms with E-state index in [1.165, 1.54) is 12.1 Å². The molecule has 1 aliphatic rings. The molecular weight excluding hydrogens is 231 g/mol. The zero-order valence-electron chi connectivity index (χ0n) is 11.0. The first-order valence-electron chi connectivity index (χ1n) is 5.92. The molecule has 0 unspecified atom stereocenters. The molecule has 18 heavy (non-hydrogen) atoms. The van der Waals surface area contributed by atoms with Gasteiger partial charge in [0, 0.05) is 12.5 Å². The van der Waals surface area contributed by atoms with Crippen LogP contribution in [-0.2, 0) is 6.54 Å². The third-order valence-electron chi connectivity index (χ3n) is 3.23. The van der Waals surface area contributed by atoms with Crippen LogP contribution in [0, 0.1) is 5.82 Å². The van der Waals surface area contributed by atoms with Gasteiger partial charge in [0.2, 0.25) is 5.84 Å². The second-order valence-electron chi connectivity index (χ2n) is 4.38. The Hall–Kier alpha value is -1.84. The molecule has 1 aliphatic heterocycles. The molecule has 0 amide bonds. The van der Waals surface area contributed by atoms with E-state index in [1.54, 1.807) is 13.2 Å². The molecule has 96 valence electrons. The summed E-state index contributed by atoms with van der Waals surface area (Å²) in [5.74, 6) is 1.63. The zero-order valence-corrected chi connectivity index (χ0v) is 11.0. The summed E-state index contributed by atoms with van der Waals surface area (Å²) in [7, 11) is 3.61. The highest BCUT2D eigenvalue weighted by molar-refractivity contribution is 5.75. The normalized spacial score (nSPS) is 15.2. The maximum Gasteiger partial charge on any atom is 0.248 e. The predicted octanol–water partition coefficient (Wildman–Crippen LogP) is 2.22. The van der Waals surface area contributed by atoms with E-state index in [1.807, 2.05) is 13.2 Å². The fraction of sp³-hybridized carbons (Fsp3) is 0.357. The number of hydrogen-bond acceptors (Lipinski definition) is 2. The van der Waals surface area contributed by atoms with Crippen LogP contribution in [0.15, 0.2) is 30.5 Å². The largest absolute Gasteiger partial charge is 0.496 e. The number of amidine groups is 1. The Morgan fingerprint density at radius 1 is 1.44 bits per heavy atom. The van der Waals surface area contributed by atoms with Gasteiger partial charge in [-0.15, -0.1) is 0 Å². The number of hydrogen-bond donors (Lipinski definition) is 0. The fourth-order valence-corrected chi connectivity index (χ4v) is 2.05. The molecule has 0 spiro atoms. The van der Waals surface area contributed by atoms with Crippen molar-refractivity contribution < 1.29 is 13.7 Å². The molecule has 1 heterocycles. The van der Waals surface area contributed by atoms with Gasteiger partial charge in [-0.25, -0.2) is 9.29 Å². The standard InChI is InChI=1S/C14H18FN2O/c1-11-16(2)7-4-8-17(11)10-12-9-13(15)5-6-14(12)18-3/h4-7,9H,8,10H2,1-3H3/q+1. The minimum Gasteiger partial charge on any atom is -0.496 e. The maximum atomic E-state index is 13.3. The van der Waals surface area contributed by atoms with E-state index in [4.69, 9.17) is 4.74 Å². The fourth-order valence-electron chi connectivity index (χ4n) is 2.05. The van der Waals surface area contributed by atoms with Crippen molar-refractivity contribution in [1.29, 1.82) is 0 Å². The minimum atomic E-state index is -0.232. The molecule has 0 aromatic heterocycles. The molecular formula is C14H18FN2O+. The van der Waals surface area contributed by atoms with E-state index in [9.17, 15) is 4.39 Å². The van der Waals surface area contributed by atoms with Crippen molar-refractivity contribution in [3.8, 4) is 5.75 Å². The lowest BCUT2D eigenvalue weighted by Crippen LogP contribution is -2.33. The summed E-state index contributed by atoms with van der Waals surface area (Å²) in [6.45, 7) is 3.52. The van der Waals surface area contributed by atoms with E-state index in [0.717, 1.165) is 23.7 Å². The van der Waals surface area contributed by atoms with Gasteiger partial charge in [-0.05, 0) is 24.3 Å². The first-order chi connectivity index (χ1) is 8.61. The number of rotatable bonds is 3. The smallest absolute Gasteiger partial charge is 0.248 e. The molecule has 2 rings (SSSR count). The molecule has 0 bridgehead atoms. The molecule has 0 saturated heterocycles. The van der Waals surface area contributed by atoms with Crippen LogP contribution in [0.5, 0.6) is 5.75 Å². The van der Waals surface area contributed by atoms with Gasteiger partial charge in [-0.3, -0.25) is 4.58 Å². The van der Waals surface area contributed by atoms with E-state index in [-0.39, 0.29) is 5.82 Å². The Morgan fingerprint density at radius 2 is 2.22 bits per heavy atom. The third kappa shape index (κ3) is 2.53. The highest BCUT2D eigenvalue weighted by Gasteiger charge is 2.17. The van der Waals surface area contributed by atoms with Crippen LogP contribution in [0.25, 0.3) is 0 Å². The Balaban J connectivity index is 2.29. The molecule has 0 saturated carbocycles. The van der Waals surface area contributed by atoms with Gasteiger partial charge in [-0.1, -0.05) is 0 Å². The summed E-state index contributed by atoms with van der Waals surface area (Å²) in [5, 5.41) is 0. The van der Waals surface area contributed by atoms with Crippen LogP contribution in [0.4, 0.5) is 4.39 Å². The van der Waals surface area contributed by atoms with Crippen molar-refractivity contribution in [2.24, 2.45) is 0 Å². The van der Waals surface area contributed by atoms with Crippen molar-refractivity contribution in [2.75, 3.05) is 20.7 Å². The van der Waals surface area contributed by atoms with E-state index in [0.29, 0.717) is 6.54 Å². The molecule has 0 radical (unpaired) electrons. The van der Waals surface area contributed by atoms with E-state index in [2.05, 4.69) is 22.5 Å². The number of nitrogens with zero attached hydrogens (tertiary/aromatic N) is 2. The first-order valence-corrected chi connectivity index (χ1v) is 5.92. The molecule has 3 nitrogen and oxygen atoms in total. The lowest BCUT2D eigenvalue weighted by Gasteiger charge is -2.18. The molecule has 1 aromatic carbocycles. The topological polar surface area (TPSA) is 15.5 Å². The highest BCUT2D eigenvalue weighted by Crippen LogP contribution is 2.20. The van der Waals surface area contributed by atoms with Crippen molar-refractivity contribution in [3.63, 3.8) is 0 Å². The van der Waals surface area contributed by atoms with Crippen LogP contribution in [-0.4, -0.2) is 36.0 Å². The van der Waals surface area contributed by atoms with Gasteiger partial charge in [0.05, 0.1) is 20.4 Å².